The Morgan fingerprint density at radius 1 is 0.509 bits per heavy atom. The summed E-state index contributed by atoms with van der Waals surface area (Å²) < 4.78 is 1.33. The van der Waals surface area contributed by atoms with Crippen molar-refractivity contribution in [2.24, 2.45) is 0 Å². The van der Waals surface area contributed by atoms with E-state index in [9.17, 15) is 0 Å². The Hall–Kier alpha value is -5.06. The molecule has 0 bridgehead atoms. The van der Waals surface area contributed by atoms with Crippen LogP contribution < -0.4 is 26.2 Å². The predicted molar refractivity (Wildman–Crippen MR) is 252 cm³/mol. The van der Waals surface area contributed by atoms with Crippen LogP contribution in [0.3, 0.4) is 0 Å². The number of benzene rings is 6. The molecular formula is C53H55BN2S. The molecule has 0 amide bonds. The summed E-state index contributed by atoms with van der Waals surface area (Å²) in [6.45, 7) is 27.8. The van der Waals surface area contributed by atoms with Gasteiger partial charge in [0, 0.05) is 38.5 Å². The average molecular weight is 763 g/mol. The molecule has 0 spiro atoms. The molecule has 3 heterocycles. The first-order chi connectivity index (χ1) is 26.9. The maximum absolute atomic E-state index is 2.61. The van der Waals surface area contributed by atoms with Gasteiger partial charge in [-0.3, -0.25) is 0 Å². The minimum atomic E-state index is -0.00635. The van der Waals surface area contributed by atoms with E-state index in [2.05, 4.69) is 207 Å². The molecule has 9 rings (SSSR count). The first-order valence-corrected chi connectivity index (χ1v) is 21.5. The lowest BCUT2D eigenvalue weighted by Crippen LogP contribution is -2.61. The molecule has 0 saturated carbocycles. The van der Waals surface area contributed by atoms with Gasteiger partial charge in [-0.15, -0.1) is 11.3 Å². The van der Waals surface area contributed by atoms with Crippen LogP contribution in [-0.4, -0.2) is 6.71 Å². The van der Waals surface area contributed by atoms with Gasteiger partial charge in [0.1, 0.15) is 0 Å². The van der Waals surface area contributed by atoms with Crippen molar-refractivity contribution in [2.75, 3.05) is 9.80 Å². The Kier molecular flexibility index (Phi) is 8.54. The Morgan fingerprint density at radius 3 is 1.74 bits per heavy atom. The highest BCUT2D eigenvalue weighted by Crippen LogP contribution is 2.48. The lowest BCUT2D eigenvalue weighted by molar-refractivity contribution is 0.589. The van der Waals surface area contributed by atoms with Gasteiger partial charge in [-0.05, 0) is 152 Å². The number of thiophene rings is 1. The third kappa shape index (κ3) is 6.14. The Labute approximate surface area is 345 Å². The number of hydrogen-bond acceptors (Lipinski definition) is 3. The fourth-order valence-corrected chi connectivity index (χ4v) is 10.2. The molecular weight excluding hydrogens is 707 g/mol. The van der Waals surface area contributed by atoms with Crippen molar-refractivity contribution in [2.45, 2.75) is 99.3 Å². The smallest absolute Gasteiger partial charge is 0.252 e. The highest BCUT2D eigenvalue weighted by molar-refractivity contribution is 7.17. The molecule has 0 saturated heterocycles. The number of anilines is 6. The minimum Gasteiger partial charge on any atom is -0.311 e. The van der Waals surface area contributed by atoms with Crippen LogP contribution in [0.1, 0.15) is 95.7 Å². The molecule has 0 unspecified atom stereocenters. The predicted octanol–water partition coefficient (Wildman–Crippen LogP) is 13.5. The summed E-state index contributed by atoms with van der Waals surface area (Å²) in [4.78, 5) is 5.17. The topological polar surface area (TPSA) is 6.48 Å². The first-order valence-electron chi connectivity index (χ1n) is 20.6. The maximum Gasteiger partial charge on any atom is 0.252 e. The van der Waals surface area contributed by atoms with Gasteiger partial charge in [-0.2, -0.15) is 0 Å². The summed E-state index contributed by atoms with van der Waals surface area (Å²) in [7, 11) is 0. The molecule has 0 atom stereocenters. The third-order valence-electron chi connectivity index (χ3n) is 12.5. The molecule has 2 nitrogen and oxygen atoms in total. The van der Waals surface area contributed by atoms with Crippen LogP contribution in [0, 0.1) is 20.8 Å². The van der Waals surface area contributed by atoms with Gasteiger partial charge in [-0.1, -0.05) is 123 Å². The van der Waals surface area contributed by atoms with E-state index in [4.69, 9.17) is 0 Å². The average Bonchev–Trinajstić information content (AvgIpc) is 3.63. The van der Waals surface area contributed by atoms with Gasteiger partial charge in [0.2, 0.25) is 0 Å². The van der Waals surface area contributed by atoms with Gasteiger partial charge in [0.05, 0.1) is 5.69 Å². The molecule has 2 aliphatic heterocycles. The van der Waals surface area contributed by atoms with E-state index in [0.29, 0.717) is 0 Å². The summed E-state index contributed by atoms with van der Waals surface area (Å²) in [5.74, 6) is 0. The van der Waals surface area contributed by atoms with Gasteiger partial charge in [0.25, 0.3) is 6.71 Å². The normalized spacial score (nSPS) is 13.9. The van der Waals surface area contributed by atoms with E-state index < -0.39 is 0 Å². The molecule has 2 aliphatic rings. The van der Waals surface area contributed by atoms with Crippen molar-refractivity contribution in [3.8, 4) is 11.1 Å². The molecule has 57 heavy (non-hydrogen) atoms. The zero-order valence-electron chi connectivity index (χ0n) is 35.8. The van der Waals surface area contributed by atoms with Gasteiger partial charge >= 0.3 is 0 Å². The Balaban J connectivity index is 1.39. The van der Waals surface area contributed by atoms with E-state index in [1.165, 1.54) is 105 Å². The monoisotopic (exact) mass is 762 g/mol. The molecule has 286 valence electrons. The lowest BCUT2D eigenvalue weighted by atomic mass is 9.33. The van der Waals surface area contributed by atoms with Crippen LogP contribution in [0.15, 0.2) is 115 Å². The van der Waals surface area contributed by atoms with Crippen LogP contribution in [0.25, 0.3) is 21.2 Å². The zero-order chi connectivity index (χ0) is 40.3. The SMILES string of the molecule is Cc1cc2c3c(c1)N(c1c(C)cc(C(C)(C)C)cc1C)c1ccc(-c4cccc5sccc45)cc1B3c1cc(C(C)(C)C)ccc1N2c1ccc(C(C)(C)C)cc1. The standard InChI is InChI=1S/C53H55BN2S/c1-32-26-46-49-47(27-32)56(50-33(2)28-38(29-34(50)3)53(10,11)12)45-22-16-35(40-14-13-15-48-41(40)24-25-57-48)30-42(45)54(49)43-31-37(52(7,8)9)19-23-44(43)55(46)39-20-17-36(18-21-39)51(4,5)6/h13-31H,1-12H3. The van der Waals surface area contributed by atoms with Crippen molar-refractivity contribution in [3.63, 3.8) is 0 Å². The fraction of sp³-hybridized carbons (Fsp3) is 0.283. The van der Waals surface area contributed by atoms with Crippen LogP contribution >= 0.6 is 11.3 Å². The van der Waals surface area contributed by atoms with Crippen molar-refractivity contribution in [1.29, 1.82) is 0 Å². The highest BCUT2D eigenvalue weighted by atomic mass is 32.1. The molecule has 0 radical (unpaired) electrons. The van der Waals surface area contributed by atoms with Crippen LogP contribution in [-0.2, 0) is 16.2 Å². The lowest BCUT2D eigenvalue weighted by Gasteiger charge is -2.45. The second-order valence-corrected chi connectivity index (χ2v) is 20.7. The van der Waals surface area contributed by atoms with Crippen molar-refractivity contribution in [1.82, 2.24) is 0 Å². The van der Waals surface area contributed by atoms with E-state index in [0.717, 1.165) is 0 Å². The van der Waals surface area contributed by atoms with E-state index in [1.807, 2.05) is 11.3 Å². The first kappa shape index (κ1) is 37.5. The van der Waals surface area contributed by atoms with E-state index >= 15 is 0 Å². The molecule has 7 aromatic rings. The molecule has 0 aliphatic carbocycles. The summed E-state index contributed by atoms with van der Waals surface area (Å²) in [5, 5.41) is 3.54. The summed E-state index contributed by atoms with van der Waals surface area (Å²) in [5.41, 5.74) is 22.2. The third-order valence-corrected chi connectivity index (χ3v) is 13.3. The van der Waals surface area contributed by atoms with Crippen molar-refractivity contribution in [3.05, 3.63) is 148 Å². The molecule has 1 aromatic heterocycles. The van der Waals surface area contributed by atoms with Crippen molar-refractivity contribution < 1.29 is 0 Å². The summed E-state index contributed by atoms with van der Waals surface area (Å²) >= 11 is 1.82. The Bertz CT molecular complexity index is 2710. The van der Waals surface area contributed by atoms with Crippen molar-refractivity contribution >= 4 is 78.6 Å². The van der Waals surface area contributed by atoms with Gasteiger partial charge < -0.3 is 9.80 Å². The molecule has 6 aromatic carbocycles. The quantitative estimate of drug-likeness (QED) is 0.165. The fourth-order valence-electron chi connectivity index (χ4n) is 9.39. The van der Waals surface area contributed by atoms with E-state index in [1.54, 1.807) is 0 Å². The Morgan fingerprint density at radius 2 is 1.09 bits per heavy atom. The number of fused-ring (bicyclic) bond motifs is 5. The maximum atomic E-state index is 2.61. The largest absolute Gasteiger partial charge is 0.311 e. The summed E-state index contributed by atoms with van der Waals surface area (Å²) in [6, 6.07) is 42.7. The molecule has 4 heteroatoms. The van der Waals surface area contributed by atoms with E-state index in [-0.39, 0.29) is 23.0 Å². The van der Waals surface area contributed by atoms with Crippen LogP contribution in [0.2, 0.25) is 0 Å². The molecule has 0 fully saturated rings. The van der Waals surface area contributed by atoms with Crippen LogP contribution in [0.4, 0.5) is 34.1 Å². The number of rotatable bonds is 3. The van der Waals surface area contributed by atoms with Crippen LogP contribution in [0.5, 0.6) is 0 Å². The number of nitrogens with zero attached hydrogens (tertiary/aromatic N) is 2. The highest BCUT2D eigenvalue weighted by Gasteiger charge is 2.44. The van der Waals surface area contributed by atoms with Gasteiger partial charge in [0.15, 0.2) is 0 Å². The summed E-state index contributed by atoms with van der Waals surface area (Å²) in [6.07, 6.45) is 0. The number of aryl methyl sites for hydroxylation is 3. The van der Waals surface area contributed by atoms with Gasteiger partial charge in [-0.25, -0.2) is 0 Å². The minimum absolute atomic E-state index is 0.00635. The second-order valence-electron chi connectivity index (χ2n) is 19.8. The second kappa shape index (κ2) is 13.0. The zero-order valence-corrected chi connectivity index (χ0v) is 36.7. The molecule has 0 N–H and O–H groups in total. The number of hydrogen-bond donors (Lipinski definition) is 0.